The molecular weight excluding hydrogens is 316 g/mol. The number of nitro benzene ring substituents is 1. The van der Waals surface area contributed by atoms with Crippen molar-refractivity contribution in [3.63, 3.8) is 0 Å². The summed E-state index contributed by atoms with van der Waals surface area (Å²) in [6.07, 6.45) is 0. The number of nitrogens with zero attached hydrogens (tertiary/aromatic N) is 1. The summed E-state index contributed by atoms with van der Waals surface area (Å²) in [5.41, 5.74) is 5.48. The van der Waals surface area contributed by atoms with Crippen LogP contribution >= 0.6 is 0 Å². The third kappa shape index (κ3) is 4.35. The Hall–Kier alpha value is -3.29. The average molecular weight is 332 g/mol. The van der Waals surface area contributed by atoms with Crippen LogP contribution in [0.15, 0.2) is 42.5 Å². The van der Waals surface area contributed by atoms with Crippen LogP contribution in [0.1, 0.15) is 10.4 Å². The molecule has 2 N–H and O–H groups in total. The van der Waals surface area contributed by atoms with Gasteiger partial charge in [-0.05, 0) is 30.3 Å². The van der Waals surface area contributed by atoms with Crippen LogP contribution in [-0.2, 0) is 4.74 Å². The predicted octanol–water partition coefficient (Wildman–Crippen LogP) is 2.42. The maximum Gasteiger partial charge on any atom is 0.340 e. The number of methoxy groups -OCH3 is 1. The van der Waals surface area contributed by atoms with E-state index in [1.807, 2.05) is 0 Å². The number of hydrogen-bond acceptors (Lipinski definition) is 7. The molecule has 0 aliphatic carbocycles. The molecule has 8 heteroatoms. The summed E-state index contributed by atoms with van der Waals surface area (Å²) in [5.74, 6) is 0.561. The quantitative estimate of drug-likeness (QED) is 0.272. The first-order valence-corrected chi connectivity index (χ1v) is 6.99. The highest BCUT2D eigenvalue weighted by Crippen LogP contribution is 2.20. The van der Waals surface area contributed by atoms with Crippen LogP contribution in [0.3, 0.4) is 0 Å². The minimum Gasteiger partial charge on any atom is -0.497 e. The van der Waals surface area contributed by atoms with Crippen LogP contribution in [0, 0.1) is 10.1 Å². The van der Waals surface area contributed by atoms with Gasteiger partial charge >= 0.3 is 5.97 Å². The molecule has 2 rings (SSSR count). The van der Waals surface area contributed by atoms with Crippen molar-refractivity contribution >= 4 is 17.3 Å². The molecule has 2 aromatic carbocycles. The molecule has 0 aromatic heterocycles. The molecule has 0 atom stereocenters. The number of esters is 1. The molecule has 0 spiro atoms. The van der Waals surface area contributed by atoms with Gasteiger partial charge in [0.15, 0.2) is 0 Å². The van der Waals surface area contributed by atoms with E-state index in [0.717, 1.165) is 6.07 Å². The topological polar surface area (TPSA) is 114 Å². The highest BCUT2D eigenvalue weighted by atomic mass is 16.6. The number of carbonyl (C=O) groups is 1. The fraction of sp³-hybridized carbons (Fsp3) is 0.188. The molecule has 0 amide bonds. The van der Waals surface area contributed by atoms with Gasteiger partial charge in [0.25, 0.3) is 5.69 Å². The lowest BCUT2D eigenvalue weighted by Crippen LogP contribution is -2.14. The van der Waals surface area contributed by atoms with Gasteiger partial charge in [0.1, 0.15) is 24.7 Å². The van der Waals surface area contributed by atoms with E-state index in [9.17, 15) is 14.9 Å². The summed E-state index contributed by atoms with van der Waals surface area (Å²) in [5, 5.41) is 10.7. The number of rotatable bonds is 7. The summed E-state index contributed by atoms with van der Waals surface area (Å²) in [6, 6.07) is 10.5. The van der Waals surface area contributed by atoms with Gasteiger partial charge in [-0.1, -0.05) is 0 Å². The van der Waals surface area contributed by atoms with Crippen molar-refractivity contribution in [2.45, 2.75) is 0 Å². The maximum atomic E-state index is 11.9. The van der Waals surface area contributed by atoms with E-state index in [0.29, 0.717) is 11.5 Å². The van der Waals surface area contributed by atoms with Crippen LogP contribution in [0.4, 0.5) is 11.4 Å². The van der Waals surface area contributed by atoms with E-state index in [4.69, 9.17) is 19.9 Å². The Balaban J connectivity index is 1.86. The predicted molar refractivity (Wildman–Crippen MR) is 86.3 cm³/mol. The largest absolute Gasteiger partial charge is 0.497 e. The van der Waals surface area contributed by atoms with Crippen molar-refractivity contribution < 1.29 is 23.9 Å². The summed E-state index contributed by atoms with van der Waals surface area (Å²) in [4.78, 5) is 22.1. The fourth-order valence-electron chi connectivity index (χ4n) is 1.88. The molecule has 8 nitrogen and oxygen atoms in total. The first-order valence-electron chi connectivity index (χ1n) is 6.99. The van der Waals surface area contributed by atoms with Crippen molar-refractivity contribution in [2.24, 2.45) is 0 Å². The van der Waals surface area contributed by atoms with E-state index in [1.165, 1.54) is 12.1 Å². The van der Waals surface area contributed by atoms with E-state index in [1.54, 1.807) is 31.4 Å². The van der Waals surface area contributed by atoms with Gasteiger partial charge in [-0.3, -0.25) is 10.1 Å². The fourth-order valence-corrected chi connectivity index (χ4v) is 1.88. The number of nitro groups is 1. The second kappa shape index (κ2) is 7.82. The van der Waals surface area contributed by atoms with Crippen LogP contribution < -0.4 is 15.2 Å². The molecule has 0 fully saturated rings. The molecule has 0 bridgehead atoms. The molecule has 24 heavy (non-hydrogen) atoms. The average Bonchev–Trinajstić information content (AvgIpc) is 2.59. The molecule has 2 aromatic rings. The molecule has 0 heterocycles. The van der Waals surface area contributed by atoms with Gasteiger partial charge in [-0.2, -0.15) is 0 Å². The normalized spacial score (nSPS) is 10.0. The van der Waals surface area contributed by atoms with E-state index in [-0.39, 0.29) is 30.2 Å². The molecule has 0 saturated heterocycles. The Morgan fingerprint density at radius 3 is 2.42 bits per heavy atom. The molecule has 126 valence electrons. The summed E-state index contributed by atoms with van der Waals surface area (Å²) < 4.78 is 15.5. The lowest BCUT2D eigenvalue weighted by Gasteiger charge is -2.09. The highest BCUT2D eigenvalue weighted by molar-refractivity contribution is 5.95. The monoisotopic (exact) mass is 332 g/mol. The van der Waals surface area contributed by atoms with Crippen molar-refractivity contribution in [3.8, 4) is 11.5 Å². The van der Waals surface area contributed by atoms with Gasteiger partial charge in [0.05, 0.1) is 17.6 Å². The Labute approximate surface area is 137 Å². The van der Waals surface area contributed by atoms with Gasteiger partial charge in [-0.15, -0.1) is 0 Å². The molecular formula is C16H16N2O6. The van der Waals surface area contributed by atoms with Gasteiger partial charge < -0.3 is 19.9 Å². The van der Waals surface area contributed by atoms with Gasteiger partial charge in [-0.25, -0.2) is 4.79 Å². The SMILES string of the molecule is COc1ccc(OCCOC(=O)c2cc([N+](=O)[O-])ccc2N)cc1. The van der Waals surface area contributed by atoms with Crippen LogP contribution in [0.2, 0.25) is 0 Å². The number of non-ortho nitro benzene ring substituents is 1. The van der Waals surface area contributed by atoms with Crippen molar-refractivity contribution in [3.05, 3.63) is 58.1 Å². The van der Waals surface area contributed by atoms with Crippen LogP contribution in [0.5, 0.6) is 11.5 Å². The number of benzene rings is 2. The van der Waals surface area contributed by atoms with Crippen molar-refractivity contribution in [1.29, 1.82) is 0 Å². The maximum absolute atomic E-state index is 11.9. The highest BCUT2D eigenvalue weighted by Gasteiger charge is 2.16. The number of nitrogens with two attached hydrogens (primary N) is 1. The van der Waals surface area contributed by atoms with Crippen molar-refractivity contribution in [1.82, 2.24) is 0 Å². The number of anilines is 1. The Kier molecular flexibility index (Phi) is 5.56. The Morgan fingerprint density at radius 1 is 1.12 bits per heavy atom. The van der Waals surface area contributed by atoms with Crippen LogP contribution in [0.25, 0.3) is 0 Å². The standard InChI is InChI=1S/C16H16N2O6/c1-22-12-3-5-13(6-4-12)23-8-9-24-16(19)14-10-11(18(20)21)2-7-15(14)17/h2-7,10H,8-9,17H2,1H3. The second-order valence-corrected chi connectivity index (χ2v) is 4.69. The first-order chi connectivity index (χ1) is 11.5. The van der Waals surface area contributed by atoms with Gasteiger partial charge in [0.2, 0.25) is 0 Å². The molecule has 0 radical (unpaired) electrons. The van der Waals surface area contributed by atoms with E-state index < -0.39 is 10.9 Å². The van der Waals surface area contributed by atoms with Crippen LogP contribution in [-0.4, -0.2) is 31.2 Å². The molecule has 0 saturated carbocycles. The zero-order chi connectivity index (χ0) is 17.5. The zero-order valence-electron chi connectivity index (χ0n) is 12.9. The molecule has 0 aliphatic heterocycles. The second-order valence-electron chi connectivity index (χ2n) is 4.69. The minimum absolute atomic E-state index is 0.0208. The smallest absolute Gasteiger partial charge is 0.340 e. The molecule has 0 unspecified atom stereocenters. The summed E-state index contributed by atoms with van der Waals surface area (Å²) in [7, 11) is 1.56. The third-order valence-corrected chi connectivity index (χ3v) is 3.11. The van der Waals surface area contributed by atoms with Gasteiger partial charge in [0, 0.05) is 17.8 Å². The van der Waals surface area contributed by atoms with E-state index >= 15 is 0 Å². The van der Waals surface area contributed by atoms with E-state index in [2.05, 4.69) is 0 Å². The first kappa shape index (κ1) is 17.1. The summed E-state index contributed by atoms with van der Waals surface area (Å²) in [6.45, 7) is 0.111. The Bertz CT molecular complexity index is 730. The zero-order valence-corrected chi connectivity index (χ0v) is 12.9. The minimum atomic E-state index is -0.741. The molecule has 0 aliphatic rings. The number of carbonyl (C=O) groups excluding carboxylic acids is 1. The Morgan fingerprint density at radius 2 is 1.79 bits per heavy atom. The number of ether oxygens (including phenoxy) is 3. The lowest BCUT2D eigenvalue weighted by atomic mass is 10.1. The number of nitrogen functional groups attached to an aromatic ring is 1. The summed E-state index contributed by atoms with van der Waals surface area (Å²) >= 11 is 0. The number of hydrogen-bond donors (Lipinski definition) is 1. The lowest BCUT2D eigenvalue weighted by molar-refractivity contribution is -0.384. The van der Waals surface area contributed by atoms with Crippen molar-refractivity contribution in [2.75, 3.05) is 26.1 Å². The third-order valence-electron chi connectivity index (χ3n) is 3.11.